The van der Waals surface area contributed by atoms with Gasteiger partial charge in [0.15, 0.2) is 5.15 Å². The number of aliphatic hydroxyl groups is 1. The first kappa shape index (κ1) is 14.4. The molecule has 0 radical (unpaired) electrons. The van der Waals surface area contributed by atoms with Crippen molar-refractivity contribution in [2.24, 2.45) is 0 Å². The van der Waals surface area contributed by atoms with Crippen LogP contribution in [0.2, 0.25) is 10.2 Å². The van der Waals surface area contributed by atoms with Gasteiger partial charge in [0.25, 0.3) is 0 Å². The Labute approximate surface area is 130 Å². The van der Waals surface area contributed by atoms with Crippen molar-refractivity contribution in [1.82, 2.24) is 14.9 Å². The Bertz CT molecular complexity index is 729. The monoisotopic (exact) mass is 329 g/mol. The van der Waals surface area contributed by atoms with Crippen molar-refractivity contribution < 1.29 is 14.6 Å². The molecule has 0 aromatic carbocycles. The lowest BCUT2D eigenvalue weighted by atomic mass is 10.1. The van der Waals surface area contributed by atoms with Crippen LogP contribution in [0.15, 0.2) is 0 Å². The van der Waals surface area contributed by atoms with Crippen LogP contribution in [0, 0.1) is 0 Å². The van der Waals surface area contributed by atoms with Crippen molar-refractivity contribution >= 4 is 40.0 Å². The molecule has 8 heteroatoms. The summed E-state index contributed by atoms with van der Waals surface area (Å²) in [6, 6.07) is 0. The zero-order chi connectivity index (χ0) is 15.1. The first-order chi connectivity index (χ1) is 10.1. The minimum Gasteiger partial charge on any atom is -0.480 e. The van der Waals surface area contributed by atoms with Crippen molar-refractivity contribution in [2.75, 3.05) is 20.3 Å². The number of carbonyl (C=O) groups is 1. The highest BCUT2D eigenvalue weighted by atomic mass is 35.5. The van der Waals surface area contributed by atoms with Crippen LogP contribution in [-0.2, 0) is 17.8 Å². The molecule has 0 saturated carbocycles. The second-order valence-electron chi connectivity index (χ2n) is 4.78. The Balaban J connectivity index is 2.18. The number of rotatable bonds is 2. The molecule has 6 nitrogen and oxygen atoms in total. The van der Waals surface area contributed by atoms with Gasteiger partial charge in [-0.2, -0.15) is 4.98 Å². The number of hydrogen-bond donors (Lipinski definition) is 2. The lowest BCUT2D eigenvalue weighted by Gasteiger charge is -2.26. The van der Waals surface area contributed by atoms with Crippen LogP contribution >= 0.6 is 23.2 Å². The molecule has 2 aromatic heterocycles. The van der Waals surface area contributed by atoms with Crippen molar-refractivity contribution in [3.8, 4) is 5.88 Å². The van der Waals surface area contributed by atoms with Gasteiger partial charge in [0, 0.05) is 30.8 Å². The fraction of sp³-hybridized carbons (Fsp3) is 0.385. The van der Waals surface area contributed by atoms with Crippen LogP contribution in [0.1, 0.15) is 11.3 Å². The smallest absolute Gasteiger partial charge is 0.248 e. The second kappa shape index (κ2) is 5.36. The van der Waals surface area contributed by atoms with Crippen LogP contribution in [0.3, 0.4) is 0 Å². The minimum atomic E-state index is -0.500. The number of amides is 1. The standard InChI is InChI=1S/C13H13Cl2N3O3/c1-21-13-9-6-4-18(8(20)5-19)3-2-7(6)16-11(9)10(14)12(15)17-13/h16,19H,2-5H2,1H3. The normalized spacial score (nSPS) is 14.4. The Morgan fingerprint density at radius 1 is 1.52 bits per heavy atom. The highest BCUT2D eigenvalue weighted by Crippen LogP contribution is 2.39. The van der Waals surface area contributed by atoms with Crippen molar-refractivity contribution in [1.29, 1.82) is 0 Å². The number of aromatic nitrogens is 2. The highest BCUT2D eigenvalue weighted by Gasteiger charge is 2.27. The molecule has 3 heterocycles. The van der Waals surface area contributed by atoms with Gasteiger partial charge in [-0.3, -0.25) is 4.79 Å². The van der Waals surface area contributed by atoms with Gasteiger partial charge in [-0.15, -0.1) is 0 Å². The van der Waals surface area contributed by atoms with Crippen molar-refractivity contribution in [2.45, 2.75) is 13.0 Å². The predicted molar refractivity (Wildman–Crippen MR) is 78.9 cm³/mol. The first-order valence-electron chi connectivity index (χ1n) is 6.37. The number of carbonyl (C=O) groups excluding carboxylic acids is 1. The number of nitrogens with one attached hydrogen (secondary N) is 1. The third-order valence-corrected chi connectivity index (χ3v) is 4.41. The molecule has 0 bridgehead atoms. The van der Waals surface area contributed by atoms with Gasteiger partial charge >= 0.3 is 0 Å². The summed E-state index contributed by atoms with van der Waals surface area (Å²) < 4.78 is 5.28. The quantitative estimate of drug-likeness (QED) is 0.823. The molecule has 1 aliphatic rings. The van der Waals surface area contributed by atoms with E-state index in [1.165, 1.54) is 7.11 Å². The maximum absolute atomic E-state index is 11.7. The number of pyridine rings is 1. The Morgan fingerprint density at radius 2 is 2.29 bits per heavy atom. The molecule has 0 aliphatic carbocycles. The number of H-pyrrole nitrogens is 1. The van der Waals surface area contributed by atoms with Gasteiger partial charge in [0.05, 0.1) is 18.0 Å². The molecule has 1 aliphatic heterocycles. The van der Waals surface area contributed by atoms with Crippen LogP contribution in [0.4, 0.5) is 0 Å². The van der Waals surface area contributed by atoms with Gasteiger partial charge in [0.1, 0.15) is 11.6 Å². The molecule has 0 unspecified atom stereocenters. The lowest BCUT2D eigenvalue weighted by molar-refractivity contribution is -0.135. The summed E-state index contributed by atoms with van der Waals surface area (Å²) in [5.74, 6) is 0.0668. The Kier molecular flexibility index (Phi) is 3.69. The summed E-state index contributed by atoms with van der Waals surface area (Å²) in [5, 5.41) is 10.2. The summed E-state index contributed by atoms with van der Waals surface area (Å²) in [7, 11) is 1.50. The van der Waals surface area contributed by atoms with E-state index >= 15 is 0 Å². The van der Waals surface area contributed by atoms with Crippen LogP contribution in [-0.4, -0.2) is 46.1 Å². The van der Waals surface area contributed by atoms with Gasteiger partial charge in [-0.25, -0.2) is 0 Å². The topological polar surface area (TPSA) is 78.5 Å². The third-order valence-electron chi connectivity index (χ3n) is 3.67. The van der Waals surface area contributed by atoms with E-state index in [4.69, 9.17) is 33.0 Å². The number of halogens is 2. The number of ether oxygens (including phenoxy) is 1. The second-order valence-corrected chi connectivity index (χ2v) is 5.52. The summed E-state index contributed by atoms with van der Waals surface area (Å²) >= 11 is 12.2. The number of hydrogen-bond acceptors (Lipinski definition) is 4. The fourth-order valence-electron chi connectivity index (χ4n) is 2.65. The average Bonchev–Trinajstić information content (AvgIpc) is 2.89. The number of methoxy groups -OCH3 is 1. The SMILES string of the molecule is COc1nc(Cl)c(Cl)c2[nH]c3c(c12)CN(C(=O)CO)CC3. The van der Waals surface area contributed by atoms with Gasteiger partial charge < -0.3 is 19.7 Å². The molecule has 2 N–H and O–H groups in total. The van der Waals surface area contributed by atoms with E-state index in [2.05, 4.69) is 9.97 Å². The van der Waals surface area contributed by atoms with E-state index in [1.54, 1.807) is 4.90 Å². The summed E-state index contributed by atoms with van der Waals surface area (Å²) in [6.45, 7) is 0.421. The van der Waals surface area contributed by atoms with E-state index < -0.39 is 6.61 Å². The zero-order valence-corrected chi connectivity index (χ0v) is 12.8. The van der Waals surface area contributed by atoms with Gasteiger partial charge in [0.2, 0.25) is 11.8 Å². The first-order valence-corrected chi connectivity index (χ1v) is 7.13. The Hall–Kier alpha value is -1.50. The molecule has 21 heavy (non-hydrogen) atoms. The van der Waals surface area contributed by atoms with Gasteiger partial charge in [-0.05, 0) is 0 Å². The lowest BCUT2D eigenvalue weighted by Crippen LogP contribution is -2.37. The van der Waals surface area contributed by atoms with Gasteiger partial charge in [-0.1, -0.05) is 23.2 Å². The van der Waals surface area contributed by atoms with E-state index in [0.717, 1.165) is 16.6 Å². The molecule has 1 amide bonds. The highest BCUT2D eigenvalue weighted by molar-refractivity contribution is 6.44. The van der Waals surface area contributed by atoms with E-state index in [9.17, 15) is 4.79 Å². The number of nitrogens with zero attached hydrogens (tertiary/aromatic N) is 2. The molecule has 0 saturated heterocycles. The average molecular weight is 330 g/mol. The Morgan fingerprint density at radius 3 is 2.95 bits per heavy atom. The van der Waals surface area contributed by atoms with Crippen molar-refractivity contribution in [3.63, 3.8) is 0 Å². The summed E-state index contributed by atoms with van der Waals surface area (Å²) in [5.41, 5.74) is 2.55. The molecular formula is C13H13Cl2N3O3. The number of aromatic amines is 1. The molecule has 2 aromatic rings. The maximum atomic E-state index is 11.7. The molecular weight excluding hydrogens is 317 g/mol. The molecule has 0 fully saturated rings. The summed E-state index contributed by atoms with van der Waals surface area (Å²) in [4.78, 5) is 20.6. The number of aliphatic hydroxyl groups excluding tert-OH is 1. The van der Waals surface area contributed by atoms with E-state index in [0.29, 0.717) is 35.9 Å². The molecule has 112 valence electrons. The molecule has 0 atom stereocenters. The summed E-state index contributed by atoms with van der Waals surface area (Å²) in [6.07, 6.45) is 0.646. The van der Waals surface area contributed by atoms with Crippen LogP contribution in [0.5, 0.6) is 5.88 Å². The largest absolute Gasteiger partial charge is 0.480 e. The minimum absolute atomic E-state index is 0.169. The van der Waals surface area contributed by atoms with E-state index in [1.807, 2.05) is 0 Å². The molecule has 0 spiro atoms. The van der Waals surface area contributed by atoms with E-state index in [-0.39, 0.29) is 11.1 Å². The predicted octanol–water partition coefficient (Wildman–Crippen LogP) is 1.76. The number of fused-ring (bicyclic) bond motifs is 3. The van der Waals surface area contributed by atoms with Crippen LogP contribution in [0.25, 0.3) is 10.9 Å². The van der Waals surface area contributed by atoms with Crippen molar-refractivity contribution in [3.05, 3.63) is 21.4 Å². The third kappa shape index (κ3) is 2.23. The zero-order valence-electron chi connectivity index (χ0n) is 11.2. The maximum Gasteiger partial charge on any atom is 0.248 e. The fourth-order valence-corrected chi connectivity index (χ4v) is 3.01. The molecule has 3 rings (SSSR count). The van der Waals surface area contributed by atoms with Crippen LogP contribution < -0.4 is 4.74 Å².